The lowest BCUT2D eigenvalue weighted by molar-refractivity contribution is 0.000338. The van der Waals surface area contributed by atoms with E-state index in [1.165, 1.54) is 0 Å². The number of aromatic nitrogens is 2. The van der Waals surface area contributed by atoms with Crippen molar-refractivity contribution in [2.24, 2.45) is 0 Å². The summed E-state index contributed by atoms with van der Waals surface area (Å²) in [6.45, 7) is 5.90. The van der Waals surface area contributed by atoms with Crippen molar-refractivity contribution in [1.29, 1.82) is 0 Å². The summed E-state index contributed by atoms with van der Waals surface area (Å²) in [6, 6.07) is 7.04. The van der Waals surface area contributed by atoms with Gasteiger partial charge in [-0.15, -0.1) is 0 Å². The summed E-state index contributed by atoms with van der Waals surface area (Å²) in [5.74, 6) is 0.882. The van der Waals surface area contributed by atoms with Crippen molar-refractivity contribution >= 4 is 5.91 Å². The van der Waals surface area contributed by atoms with Gasteiger partial charge in [-0.1, -0.05) is 17.3 Å². The molecule has 122 valence electrons. The number of aryl methyl sites for hydroxylation is 1. The normalized spacial score (nSPS) is 18.4. The molecule has 0 radical (unpaired) electrons. The van der Waals surface area contributed by atoms with E-state index >= 15 is 0 Å². The minimum Gasteiger partial charge on any atom is -0.388 e. The molecule has 1 aliphatic rings. The van der Waals surface area contributed by atoms with E-state index in [-0.39, 0.29) is 11.9 Å². The molecule has 1 atom stereocenters. The molecule has 0 spiro atoms. The summed E-state index contributed by atoms with van der Waals surface area (Å²) >= 11 is 0. The number of aliphatic hydroxyl groups is 1. The fraction of sp³-hybridized carbons (Fsp3) is 0.471. The van der Waals surface area contributed by atoms with Crippen LogP contribution in [-0.4, -0.2) is 44.2 Å². The highest BCUT2D eigenvalue weighted by atomic mass is 16.5. The van der Waals surface area contributed by atoms with E-state index in [9.17, 15) is 9.90 Å². The molecule has 1 aromatic heterocycles. The number of carbonyl (C=O) groups excluding carboxylic acids is 1. The van der Waals surface area contributed by atoms with Gasteiger partial charge in [-0.05, 0) is 38.8 Å². The van der Waals surface area contributed by atoms with Crippen LogP contribution in [0.5, 0.6) is 0 Å². The van der Waals surface area contributed by atoms with Crippen LogP contribution in [0.25, 0.3) is 11.4 Å². The monoisotopic (exact) mass is 315 g/mol. The number of amides is 1. The quantitative estimate of drug-likeness (QED) is 0.941. The number of rotatable bonds is 3. The van der Waals surface area contributed by atoms with Gasteiger partial charge in [-0.3, -0.25) is 4.79 Å². The Morgan fingerprint density at radius 2 is 2.22 bits per heavy atom. The zero-order valence-electron chi connectivity index (χ0n) is 13.6. The molecule has 6 heteroatoms. The van der Waals surface area contributed by atoms with Crippen LogP contribution in [0.1, 0.15) is 42.9 Å². The summed E-state index contributed by atoms with van der Waals surface area (Å²) in [4.78, 5) is 18.8. The predicted octanol–water partition coefficient (Wildman–Crippen LogP) is 2.42. The number of benzene rings is 1. The number of nitrogens with zero attached hydrogens (tertiary/aromatic N) is 3. The van der Waals surface area contributed by atoms with Gasteiger partial charge in [-0.25, -0.2) is 0 Å². The first-order chi connectivity index (χ1) is 10.9. The van der Waals surface area contributed by atoms with Crippen LogP contribution in [0, 0.1) is 6.92 Å². The standard InChI is InChI=1S/C17H21N3O3/c1-11-18-15(19-23-11)12-6-4-7-13(10-12)16(21)20-9-5-8-14(20)17(2,3)22/h4,6-7,10,14,22H,5,8-9H2,1-3H3. The average molecular weight is 315 g/mol. The van der Waals surface area contributed by atoms with Crippen molar-refractivity contribution in [3.05, 3.63) is 35.7 Å². The lowest BCUT2D eigenvalue weighted by Gasteiger charge is -2.33. The van der Waals surface area contributed by atoms with Gasteiger partial charge in [0, 0.05) is 24.6 Å². The molecule has 6 nitrogen and oxygen atoms in total. The fourth-order valence-corrected chi connectivity index (χ4v) is 3.12. The van der Waals surface area contributed by atoms with Crippen molar-refractivity contribution in [2.45, 2.75) is 45.3 Å². The lowest BCUT2D eigenvalue weighted by atomic mass is 9.96. The molecule has 1 amide bonds. The third-order valence-corrected chi connectivity index (χ3v) is 4.22. The van der Waals surface area contributed by atoms with Crippen LogP contribution in [0.2, 0.25) is 0 Å². The Bertz CT molecular complexity index is 718. The highest BCUT2D eigenvalue weighted by Crippen LogP contribution is 2.29. The first-order valence-electron chi connectivity index (χ1n) is 7.80. The molecule has 2 heterocycles. The fourth-order valence-electron chi connectivity index (χ4n) is 3.12. The molecule has 1 saturated heterocycles. The second-order valence-electron chi connectivity index (χ2n) is 6.53. The molecule has 0 bridgehead atoms. The second kappa shape index (κ2) is 5.77. The van der Waals surface area contributed by atoms with Gasteiger partial charge in [0.1, 0.15) is 0 Å². The van der Waals surface area contributed by atoms with E-state index in [0.717, 1.165) is 18.4 Å². The predicted molar refractivity (Wildman–Crippen MR) is 84.8 cm³/mol. The number of likely N-dealkylation sites (tertiary alicyclic amines) is 1. The average Bonchev–Trinajstić information content (AvgIpc) is 3.15. The lowest BCUT2D eigenvalue weighted by Crippen LogP contribution is -2.48. The van der Waals surface area contributed by atoms with E-state index in [0.29, 0.717) is 23.8 Å². The molecule has 1 fully saturated rings. The summed E-state index contributed by atoms with van der Waals surface area (Å²) in [5, 5.41) is 14.2. The van der Waals surface area contributed by atoms with Crippen molar-refractivity contribution in [3.63, 3.8) is 0 Å². The highest BCUT2D eigenvalue weighted by Gasteiger charge is 2.38. The summed E-state index contributed by atoms with van der Waals surface area (Å²) < 4.78 is 4.99. The van der Waals surface area contributed by atoms with Crippen molar-refractivity contribution in [2.75, 3.05) is 6.54 Å². The first-order valence-corrected chi connectivity index (χ1v) is 7.80. The van der Waals surface area contributed by atoms with Gasteiger partial charge < -0.3 is 14.5 Å². The zero-order valence-corrected chi connectivity index (χ0v) is 13.6. The number of carbonyl (C=O) groups is 1. The van der Waals surface area contributed by atoms with Gasteiger partial charge in [0.05, 0.1) is 11.6 Å². The summed E-state index contributed by atoms with van der Waals surface area (Å²) in [6.07, 6.45) is 1.73. The van der Waals surface area contributed by atoms with Crippen molar-refractivity contribution < 1.29 is 14.4 Å². The van der Waals surface area contributed by atoms with E-state index in [4.69, 9.17) is 4.52 Å². The van der Waals surface area contributed by atoms with Crippen LogP contribution in [0.15, 0.2) is 28.8 Å². The molecule has 0 saturated carbocycles. The smallest absolute Gasteiger partial charge is 0.254 e. The van der Waals surface area contributed by atoms with Crippen LogP contribution in [0.3, 0.4) is 0 Å². The summed E-state index contributed by atoms with van der Waals surface area (Å²) in [5.41, 5.74) is 0.405. The molecule has 23 heavy (non-hydrogen) atoms. The number of hydrogen-bond acceptors (Lipinski definition) is 5. The van der Waals surface area contributed by atoms with Gasteiger partial charge in [0.2, 0.25) is 11.7 Å². The largest absolute Gasteiger partial charge is 0.388 e. The first kappa shape index (κ1) is 15.7. The van der Waals surface area contributed by atoms with Gasteiger partial charge in [0.15, 0.2) is 0 Å². The van der Waals surface area contributed by atoms with E-state index in [1.54, 1.807) is 37.8 Å². The molecule has 1 unspecified atom stereocenters. The Morgan fingerprint density at radius 3 is 2.87 bits per heavy atom. The molecular formula is C17H21N3O3. The minimum atomic E-state index is -0.908. The Labute approximate surface area is 135 Å². The minimum absolute atomic E-state index is 0.0725. The van der Waals surface area contributed by atoms with Crippen LogP contribution >= 0.6 is 0 Å². The topological polar surface area (TPSA) is 79.5 Å². The third kappa shape index (κ3) is 3.12. The Kier molecular flexibility index (Phi) is 3.93. The van der Waals surface area contributed by atoms with Crippen LogP contribution < -0.4 is 0 Å². The Hall–Kier alpha value is -2.21. The molecule has 3 rings (SSSR count). The maximum absolute atomic E-state index is 12.8. The van der Waals surface area contributed by atoms with Gasteiger partial charge >= 0.3 is 0 Å². The molecule has 1 aromatic carbocycles. The second-order valence-corrected chi connectivity index (χ2v) is 6.53. The molecule has 1 N–H and O–H groups in total. The highest BCUT2D eigenvalue weighted by molar-refractivity contribution is 5.95. The van der Waals surface area contributed by atoms with Crippen molar-refractivity contribution in [3.8, 4) is 11.4 Å². The summed E-state index contributed by atoms with van der Waals surface area (Å²) in [7, 11) is 0. The maximum atomic E-state index is 12.8. The molecule has 0 aliphatic carbocycles. The number of hydrogen-bond donors (Lipinski definition) is 1. The SMILES string of the molecule is Cc1nc(-c2cccc(C(=O)N3CCCC3C(C)(C)O)c2)no1. The van der Waals surface area contributed by atoms with Gasteiger partial charge in [-0.2, -0.15) is 4.98 Å². The van der Waals surface area contributed by atoms with Crippen LogP contribution in [-0.2, 0) is 0 Å². The van der Waals surface area contributed by atoms with E-state index in [1.807, 2.05) is 12.1 Å². The Balaban J connectivity index is 1.88. The molecule has 1 aliphatic heterocycles. The van der Waals surface area contributed by atoms with Crippen molar-refractivity contribution in [1.82, 2.24) is 15.0 Å². The van der Waals surface area contributed by atoms with Gasteiger partial charge in [0.25, 0.3) is 5.91 Å². The van der Waals surface area contributed by atoms with E-state index in [2.05, 4.69) is 10.1 Å². The molecular weight excluding hydrogens is 294 g/mol. The zero-order chi connectivity index (χ0) is 16.6. The van der Waals surface area contributed by atoms with E-state index < -0.39 is 5.60 Å². The van der Waals surface area contributed by atoms with Crippen LogP contribution in [0.4, 0.5) is 0 Å². The molecule has 2 aromatic rings. The maximum Gasteiger partial charge on any atom is 0.254 e. The Morgan fingerprint density at radius 1 is 1.43 bits per heavy atom. The third-order valence-electron chi connectivity index (χ3n) is 4.22.